The number of hydrogen-bond donors (Lipinski definition) is 1. The van der Waals surface area contributed by atoms with Gasteiger partial charge in [0.1, 0.15) is 5.82 Å². The molecule has 76 valence electrons. The van der Waals surface area contributed by atoms with E-state index in [4.69, 9.17) is 5.73 Å². The van der Waals surface area contributed by atoms with Crippen molar-refractivity contribution in [2.75, 3.05) is 35.2 Å². The van der Waals surface area contributed by atoms with E-state index in [1.807, 2.05) is 17.8 Å². The molecule has 2 heterocycles. The highest BCUT2D eigenvalue weighted by Gasteiger charge is 2.13. The van der Waals surface area contributed by atoms with E-state index in [9.17, 15) is 0 Å². The Bertz CT molecular complexity index is 321. The van der Waals surface area contributed by atoms with Crippen molar-refractivity contribution in [2.45, 2.75) is 6.92 Å². The Balaban J connectivity index is 2.22. The molecule has 0 spiro atoms. The van der Waals surface area contributed by atoms with Crippen molar-refractivity contribution in [2.24, 2.45) is 0 Å². The van der Waals surface area contributed by atoms with Crippen molar-refractivity contribution in [3.8, 4) is 0 Å². The van der Waals surface area contributed by atoms with Gasteiger partial charge in [-0.15, -0.1) is 0 Å². The van der Waals surface area contributed by atoms with Crippen molar-refractivity contribution < 1.29 is 0 Å². The lowest BCUT2D eigenvalue weighted by Crippen LogP contribution is -2.33. The van der Waals surface area contributed by atoms with Crippen LogP contribution in [0.4, 0.5) is 11.5 Å². The highest BCUT2D eigenvalue weighted by molar-refractivity contribution is 7.99. The van der Waals surface area contributed by atoms with Crippen LogP contribution >= 0.6 is 11.8 Å². The van der Waals surface area contributed by atoms with Gasteiger partial charge in [0.15, 0.2) is 0 Å². The molecule has 0 aromatic carbocycles. The molecule has 1 aliphatic heterocycles. The maximum atomic E-state index is 5.67. The van der Waals surface area contributed by atoms with Crippen LogP contribution < -0.4 is 10.6 Å². The number of nitrogen functional groups attached to an aromatic ring is 1. The van der Waals surface area contributed by atoms with Gasteiger partial charge in [-0.25, -0.2) is 4.98 Å². The van der Waals surface area contributed by atoms with Crippen molar-refractivity contribution >= 4 is 23.3 Å². The average Bonchev–Trinajstić information content (AvgIpc) is 2.19. The first-order valence-corrected chi connectivity index (χ1v) is 5.97. The fourth-order valence-corrected chi connectivity index (χ4v) is 2.60. The van der Waals surface area contributed by atoms with Gasteiger partial charge in [-0.1, -0.05) is 0 Å². The molecule has 1 saturated heterocycles. The molecule has 2 N–H and O–H groups in total. The molecule has 0 bridgehead atoms. The predicted molar refractivity (Wildman–Crippen MR) is 62.9 cm³/mol. The fourth-order valence-electron chi connectivity index (χ4n) is 1.70. The summed E-state index contributed by atoms with van der Waals surface area (Å²) in [7, 11) is 0. The van der Waals surface area contributed by atoms with E-state index in [-0.39, 0.29) is 0 Å². The first kappa shape index (κ1) is 9.65. The molecule has 0 atom stereocenters. The molecular formula is C10H15N3S. The number of aromatic nitrogens is 1. The van der Waals surface area contributed by atoms with Gasteiger partial charge < -0.3 is 10.6 Å². The summed E-state index contributed by atoms with van der Waals surface area (Å²) in [6.45, 7) is 4.27. The van der Waals surface area contributed by atoms with Gasteiger partial charge >= 0.3 is 0 Å². The first-order valence-electron chi connectivity index (χ1n) is 4.82. The molecule has 1 aromatic heterocycles. The van der Waals surface area contributed by atoms with Crippen molar-refractivity contribution in [3.05, 3.63) is 17.8 Å². The lowest BCUT2D eigenvalue weighted by Gasteiger charge is -2.28. The summed E-state index contributed by atoms with van der Waals surface area (Å²) in [4.78, 5) is 6.73. The number of rotatable bonds is 1. The Kier molecular flexibility index (Phi) is 2.82. The molecule has 14 heavy (non-hydrogen) atoms. The van der Waals surface area contributed by atoms with Crippen LogP contribution in [0.2, 0.25) is 0 Å². The van der Waals surface area contributed by atoms with Crippen LogP contribution in [0.15, 0.2) is 12.3 Å². The molecule has 1 aromatic rings. The van der Waals surface area contributed by atoms with Gasteiger partial charge in [0.2, 0.25) is 0 Å². The Labute approximate surface area is 88.7 Å². The summed E-state index contributed by atoms with van der Waals surface area (Å²) in [5.41, 5.74) is 7.60. The van der Waals surface area contributed by atoms with Crippen LogP contribution in [0, 0.1) is 6.92 Å². The lowest BCUT2D eigenvalue weighted by atomic mass is 10.2. The second kappa shape index (κ2) is 4.09. The lowest BCUT2D eigenvalue weighted by molar-refractivity contribution is 0.834. The zero-order chi connectivity index (χ0) is 9.97. The second-order valence-electron chi connectivity index (χ2n) is 3.51. The van der Waals surface area contributed by atoms with Crippen molar-refractivity contribution in [1.82, 2.24) is 4.98 Å². The highest BCUT2D eigenvalue weighted by atomic mass is 32.2. The van der Waals surface area contributed by atoms with Gasteiger partial charge in [0, 0.05) is 24.6 Å². The topological polar surface area (TPSA) is 42.1 Å². The molecular weight excluding hydrogens is 194 g/mol. The van der Waals surface area contributed by atoms with Crippen LogP contribution in [0.5, 0.6) is 0 Å². The monoisotopic (exact) mass is 209 g/mol. The Morgan fingerprint density at radius 3 is 2.79 bits per heavy atom. The SMILES string of the molecule is Cc1cc(N)cnc1N1CCSCC1. The van der Waals surface area contributed by atoms with E-state index in [0.717, 1.165) is 24.6 Å². The van der Waals surface area contributed by atoms with Crippen LogP contribution in [0.3, 0.4) is 0 Å². The van der Waals surface area contributed by atoms with E-state index in [0.29, 0.717) is 0 Å². The third-order valence-electron chi connectivity index (χ3n) is 2.38. The number of hydrogen-bond acceptors (Lipinski definition) is 4. The maximum Gasteiger partial charge on any atom is 0.131 e. The number of nitrogens with zero attached hydrogens (tertiary/aromatic N) is 2. The molecule has 1 aliphatic rings. The molecule has 0 aliphatic carbocycles. The standard InChI is InChI=1S/C10H15N3S/c1-8-6-9(11)7-12-10(8)13-2-4-14-5-3-13/h6-7H,2-5,11H2,1H3. The van der Waals surface area contributed by atoms with E-state index >= 15 is 0 Å². The second-order valence-corrected chi connectivity index (χ2v) is 4.73. The van der Waals surface area contributed by atoms with E-state index in [2.05, 4.69) is 16.8 Å². The summed E-state index contributed by atoms with van der Waals surface area (Å²) in [6, 6.07) is 1.99. The molecule has 2 rings (SSSR count). The highest BCUT2D eigenvalue weighted by Crippen LogP contribution is 2.21. The molecule has 3 nitrogen and oxygen atoms in total. The Morgan fingerprint density at radius 2 is 2.14 bits per heavy atom. The molecule has 0 amide bonds. The Hall–Kier alpha value is -0.900. The number of nitrogens with two attached hydrogens (primary N) is 1. The fraction of sp³-hybridized carbons (Fsp3) is 0.500. The minimum atomic E-state index is 0.748. The Morgan fingerprint density at radius 1 is 1.43 bits per heavy atom. The number of aryl methyl sites for hydroxylation is 1. The molecule has 0 unspecified atom stereocenters. The first-order chi connectivity index (χ1) is 6.77. The normalized spacial score (nSPS) is 17.1. The smallest absolute Gasteiger partial charge is 0.131 e. The molecule has 0 saturated carbocycles. The number of anilines is 2. The zero-order valence-corrected chi connectivity index (χ0v) is 9.18. The predicted octanol–water partition coefficient (Wildman–Crippen LogP) is 1.53. The van der Waals surface area contributed by atoms with Gasteiger partial charge in [-0.3, -0.25) is 0 Å². The molecule has 1 fully saturated rings. The third-order valence-corrected chi connectivity index (χ3v) is 3.32. The van der Waals surface area contributed by atoms with Crippen LogP contribution in [0.25, 0.3) is 0 Å². The van der Waals surface area contributed by atoms with Gasteiger partial charge in [-0.2, -0.15) is 11.8 Å². The van der Waals surface area contributed by atoms with E-state index in [1.54, 1.807) is 6.20 Å². The largest absolute Gasteiger partial charge is 0.397 e. The number of pyridine rings is 1. The molecule has 4 heteroatoms. The summed E-state index contributed by atoms with van der Waals surface area (Å²) >= 11 is 2.01. The number of thioether (sulfide) groups is 1. The molecule has 0 radical (unpaired) electrons. The van der Waals surface area contributed by atoms with Crippen molar-refractivity contribution in [1.29, 1.82) is 0 Å². The van der Waals surface area contributed by atoms with E-state index in [1.165, 1.54) is 17.1 Å². The average molecular weight is 209 g/mol. The van der Waals surface area contributed by atoms with Gasteiger partial charge in [0.25, 0.3) is 0 Å². The van der Waals surface area contributed by atoms with Gasteiger partial charge in [-0.05, 0) is 18.6 Å². The van der Waals surface area contributed by atoms with Gasteiger partial charge in [0.05, 0.1) is 11.9 Å². The summed E-state index contributed by atoms with van der Waals surface area (Å²) in [5.74, 6) is 3.50. The van der Waals surface area contributed by atoms with Crippen LogP contribution in [-0.4, -0.2) is 29.6 Å². The summed E-state index contributed by atoms with van der Waals surface area (Å²) in [6.07, 6.45) is 1.74. The van der Waals surface area contributed by atoms with E-state index < -0.39 is 0 Å². The summed E-state index contributed by atoms with van der Waals surface area (Å²) in [5, 5.41) is 0. The third kappa shape index (κ3) is 1.95. The maximum absolute atomic E-state index is 5.67. The summed E-state index contributed by atoms with van der Waals surface area (Å²) < 4.78 is 0. The van der Waals surface area contributed by atoms with Crippen LogP contribution in [0.1, 0.15) is 5.56 Å². The van der Waals surface area contributed by atoms with Crippen molar-refractivity contribution in [3.63, 3.8) is 0 Å². The zero-order valence-electron chi connectivity index (χ0n) is 8.36. The quantitative estimate of drug-likeness (QED) is 0.761. The minimum Gasteiger partial charge on any atom is -0.397 e. The van der Waals surface area contributed by atoms with Crippen LogP contribution in [-0.2, 0) is 0 Å². The minimum absolute atomic E-state index is 0.748.